The van der Waals surface area contributed by atoms with E-state index in [1.165, 1.54) is 0 Å². The summed E-state index contributed by atoms with van der Waals surface area (Å²) in [6.45, 7) is 10.1. The Morgan fingerprint density at radius 1 is 1.20 bits per heavy atom. The molecule has 5 nitrogen and oxygen atoms in total. The van der Waals surface area contributed by atoms with Gasteiger partial charge in [-0.15, -0.1) is 0 Å². The van der Waals surface area contributed by atoms with Gasteiger partial charge in [-0.1, -0.05) is 27.7 Å². The summed E-state index contributed by atoms with van der Waals surface area (Å²) < 4.78 is 0. The molecule has 1 aliphatic heterocycles. The molecule has 0 aliphatic carbocycles. The predicted octanol–water partition coefficient (Wildman–Crippen LogP) is 1.58. The Hall–Kier alpha value is -1.10. The fourth-order valence-corrected chi connectivity index (χ4v) is 2.51. The molecule has 1 saturated heterocycles. The van der Waals surface area contributed by atoms with E-state index in [1.54, 1.807) is 4.90 Å². The van der Waals surface area contributed by atoms with E-state index in [0.29, 0.717) is 37.8 Å². The third-order valence-electron chi connectivity index (χ3n) is 3.55. The first kappa shape index (κ1) is 17.0. The van der Waals surface area contributed by atoms with Crippen LogP contribution in [-0.2, 0) is 9.59 Å². The van der Waals surface area contributed by atoms with Crippen LogP contribution in [0, 0.1) is 17.8 Å². The molecule has 2 unspecified atom stereocenters. The van der Waals surface area contributed by atoms with Gasteiger partial charge in [0.2, 0.25) is 5.91 Å². The number of nitrogens with zero attached hydrogens (tertiary/aromatic N) is 1. The summed E-state index contributed by atoms with van der Waals surface area (Å²) in [7, 11) is 0. The van der Waals surface area contributed by atoms with Gasteiger partial charge in [0, 0.05) is 25.6 Å². The van der Waals surface area contributed by atoms with Crippen LogP contribution in [0.1, 0.15) is 40.5 Å². The predicted molar refractivity (Wildman–Crippen MR) is 78.4 cm³/mol. The molecule has 20 heavy (non-hydrogen) atoms. The zero-order valence-electron chi connectivity index (χ0n) is 13.1. The van der Waals surface area contributed by atoms with Crippen LogP contribution in [0.15, 0.2) is 0 Å². The van der Waals surface area contributed by atoms with E-state index in [-0.39, 0.29) is 11.9 Å². The maximum Gasteiger partial charge on any atom is 0.308 e. The Morgan fingerprint density at radius 3 is 2.35 bits per heavy atom. The van der Waals surface area contributed by atoms with Crippen LogP contribution < -0.4 is 5.32 Å². The van der Waals surface area contributed by atoms with Crippen molar-refractivity contribution in [1.82, 2.24) is 10.2 Å². The maximum absolute atomic E-state index is 12.2. The molecule has 5 heteroatoms. The number of carbonyl (C=O) groups excluding carboxylic acids is 1. The van der Waals surface area contributed by atoms with Crippen LogP contribution in [0.4, 0.5) is 0 Å². The summed E-state index contributed by atoms with van der Waals surface area (Å²) in [5.41, 5.74) is 0. The van der Waals surface area contributed by atoms with Crippen molar-refractivity contribution in [3.63, 3.8) is 0 Å². The average molecular weight is 284 g/mol. The van der Waals surface area contributed by atoms with Crippen LogP contribution in [0.25, 0.3) is 0 Å². The van der Waals surface area contributed by atoms with Crippen molar-refractivity contribution in [2.45, 2.75) is 46.6 Å². The van der Waals surface area contributed by atoms with Crippen LogP contribution in [0.3, 0.4) is 0 Å². The second-order valence-corrected chi connectivity index (χ2v) is 6.67. The number of hydrogen-bond acceptors (Lipinski definition) is 3. The minimum atomic E-state index is -0.802. The highest BCUT2D eigenvalue weighted by Crippen LogP contribution is 2.19. The first-order chi connectivity index (χ1) is 9.29. The number of piperidine rings is 1. The van der Waals surface area contributed by atoms with Gasteiger partial charge >= 0.3 is 5.97 Å². The van der Waals surface area contributed by atoms with Crippen molar-refractivity contribution in [3.8, 4) is 0 Å². The molecular formula is C15H28N2O3. The molecule has 116 valence electrons. The first-order valence-corrected chi connectivity index (χ1v) is 7.53. The largest absolute Gasteiger partial charge is 0.481 e. The second-order valence-electron chi connectivity index (χ2n) is 6.67. The zero-order chi connectivity index (χ0) is 15.3. The van der Waals surface area contributed by atoms with Gasteiger partial charge < -0.3 is 15.3 Å². The summed E-state index contributed by atoms with van der Waals surface area (Å²) in [6, 6.07) is 0.0864. The number of likely N-dealkylation sites (tertiary alicyclic amines) is 1. The van der Waals surface area contributed by atoms with Crippen molar-refractivity contribution in [2.75, 3.05) is 19.6 Å². The fourth-order valence-electron chi connectivity index (χ4n) is 2.51. The summed E-state index contributed by atoms with van der Waals surface area (Å²) in [5.74, 6) is -0.370. The molecular weight excluding hydrogens is 256 g/mol. The lowest BCUT2D eigenvalue weighted by atomic mass is 9.93. The van der Waals surface area contributed by atoms with Gasteiger partial charge in [0.25, 0.3) is 0 Å². The number of nitrogens with one attached hydrogen (secondary N) is 1. The van der Waals surface area contributed by atoms with Crippen molar-refractivity contribution < 1.29 is 14.7 Å². The number of carbonyl (C=O) groups is 2. The van der Waals surface area contributed by atoms with Gasteiger partial charge in [-0.3, -0.25) is 9.59 Å². The Kier molecular flexibility index (Phi) is 6.46. The molecule has 0 aromatic rings. The highest BCUT2D eigenvalue weighted by Gasteiger charge is 2.33. The molecule has 1 aliphatic rings. The van der Waals surface area contributed by atoms with Gasteiger partial charge in [0.1, 0.15) is 0 Å². The Labute approximate surface area is 121 Å². The quantitative estimate of drug-likeness (QED) is 0.777. The minimum absolute atomic E-state index is 0.0716. The zero-order valence-corrected chi connectivity index (χ0v) is 13.1. The number of amides is 1. The van der Waals surface area contributed by atoms with Crippen LogP contribution in [-0.4, -0.2) is 47.6 Å². The summed E-state index contributed by atoms with van der Waals surface area (Å²) in [6.07, 6.45) is 1.09. The lowest BCUT2D eigenvalue weighted by Crippen LogP contribution is -2.53. The second kappa shape index (κ2) is 7.62. The van der Waals surface area contributed by atoms with Crippen molar-refractivity contribution >= 4 is 11.9 Å². The number of rotatable bonds is 6. The van der Waals surface area contributed by atoms with Crippen molar-refractivity contribution in [3.05, 3.63) is 0 Å². The molecule has 0 radical (unpaired) electrons. The fraction of sp³-hybridized carbons (Fsp3) is 0.867. The first-order valence-electron chi connectivity index (χ1n) is 7.53. The van der Waals surface area contributed by atoms with Crippen LogP contribution in [0.2, 0.25) is 0 Å². The molecule has 0 spiro atoms. The van der Waals surface area contributed by atoms with Crippen LogP contribution >= 0.6 is 0 Å². The van der Waals surface area contributed by atoms with Gasteiger partial charge in [-0.05, 0) is 24.8 Å². The highest BCUT2D eigenvalue weighted by molar-refractivity contribution is 5.78. The lowest BCUT2D eigenvalue weighted by molar-refractivity contribution is -0.146. The SMILES string of the molecule is CC(C)CNC1CC(C(=O)O)CN(C(=O)CC(C)C)C1. The summed E-state index contributed by atoms with van der Waals surface area (Å²) in [5, 5.41) is 12.6. The van der Waals surface area contributed by atoms with E-state index >= 15 is 0 Å². The molecule has 0 saturated carbocycles. The minimum Gasteiger partial charge on any atom is -0.481 e. The summed E-state index contributed by atoms with van der Waals surface area (Å²) in [4.78, 5) is 25.2. The molecule has 2 N–H and O–H groups in total. The third kappa shape index (κ3) is 5.49. The molecule has 1 rings (SSSR count). The van der Waals surface area contributed by atoms with E-state index in [2.05, 4.69) is 19.2 Å². The normalized spacial score (nSPS) is 23.4. The van der Waals surface area contributed by atoms with E-state index in [0.717, 1.165) is 6.54 Å². The lowest BCUT2D eigenvalue weighted by Gasteiger charge is -2.37. The molecule has 1 heterocycles. The maximum atomic E-state index is 12.2. The number of carboxylic acid groups (broad SMARTS) is 1. The van der Waals surface area contributed by atoms with Gasteiger partial charge in [-0.2, -0.15) is 0 Å². The standard InChI is InChI=1S/C15H28N2O3/c1-10(2)5-14(18)17-8-12(15(19)20)6-13(9-17)16-7-11(3)4/h10-13,16H,5-9H2,1-4H3,(H,19,20). The van der Waals surface area contributed by atoms with E-state index in [4.69, 9.17) is 0 Å². The van der Waals surface area contributed by atoms with Gasteiger partial charge in [0.15, 0.2) is 0 Å². The van der Waals surface area contributed by atoms with Gasteiger partial charge in [-0.25, -0.2) is 0 Å². The average Bonchev–Trinajstić information content (AvgIpc) is 2.35. The smallest absolute Gasteiger partial charge is 0.308 e. The topological polar surface area (TPSA) is 69.6 Å². The van der Waals surface area contributed by atoms with Gasteiger partial charge in [0.05, 0.1) is 5.92 Å². The highest BCUT2D eigenvalue weighted by atomic mass is 16.4. The Morgan fingerprint density at radius 2 is 1.85 bits per heavy atom. The third-order valence-corrected chi connectivity index (χ3v) is 3.55. The molecule has 0 aromatic heterocycles. The van der Waals surface area contributed by atoms with E-state index < -0.39 is 11.9 Å². The van der Waals surface area contributed by atoms with E-state index in [9.17, 15) is 14.7 Å². The Bertz CT molecular complexity index is 342. The molecule has 1 amide bonds. The summed E-state index contributed by atoms with van der Waals surface area (Å²) >= 11 is 0. The molecule has 0 bridgehead atoms. The molecule has 2 atom stereocenters. The van der Waals surface area contributed by atoms with Crippen LogP contribution in [0.5, 0.6) is 0 Å². The van der Waals surface area contributed by atoms with Crippen molar-refractivity contribution in [2.24, 2.45) is 17.8 Å². The molecule has 1 fully saturated rings. The number of carboxylic acids is 1. The Balaban J connectivity index is 2.65. The molecule has 0 aromatic carbocycles. The number of hydrogen-bond donors (Lipinski definition) is 2. The van der Waals surface area contributed by atoms with E-state index in [1.807, 2.05) is 13.8 Å². The number of aliphatic carboxylic acids is 1. The van der Waals surface area contributed by atoms with Crippen molar-refractivity contribution in [1.29, 1.82) is 0 Å². The monoisotopic (exact) mass is 284 g/mol.